The molecule has 1 aromatic carbocycles. The van der Waals surface area contributed by atoms with Crippen molar-refractivity contribution in [1.82, 2.24) is 9.38 Å². The van der Waals surface area contributed by atoms with Crippen molar-refractivity contribution in [3.05, 3.63) is 54.9 Å². The number of aliphatic hydroxyl groups is 1. The molecule has 0 fully saturated rings. The third-order valence-corrected chi connectivity index (χ3v) is 3.63. The zero-order valence-electron chi connectivity index (χ0n) is 12.4. The minimum absolute atomic E-state index is 0.268. The van der Waals surface area contributed by atoms with Gasteiger partial charge in [-0.3, -0.25) is 0 Å². The van der Waals surface area contributed by atoms with Gasteiger partial charge in [0.1, 0.15) is 12.3 Å². The number of alkyl halides is 1. The molecule has 1 atom stereocenters. The van der Waals surface area contributed by atoms with Gasteiger partial charge in [0.15, 0.2) is 0 Å². The molecule has 3 rings (SSSR count). The summed E-state index contributed by atoms with van der Waals surface area (Å²) in [6, 6.07) is 13.7. The summed E-state index contributed by atoms with van der Waals surface area (Å²) in [5, 5.41) is 9.37. The van der Waals surface area contributed by atoms with Crippen LogP contribution in [0.5, 0.6) is 0 Å². The average Bonchev–Trinajstić information content (AvgIpc) is 2.98. The van der Waals surface area contributed by atoms with Crippen molar-refractivity contribution in [3.63, 3.8) is 0 Å². The summed E-state index contributed by atoms with van der Waals surface area (Å²) in [4.78, 5) is 6.41. The van der Waals surface area contributed by atoms with Gasteiger partial charge in [0.2, 0.25) is 0 Å². The lowest BCUT2D eigenvalue weighted by Crippen LogP contribution is -2.30. The van der Waals surface area contributed by atoms with Gasteiger partial charge in [-0.15, -0.1) is 0 Å². The second-order valence-electron chi connectivity index (χ2n) is 5.33. The molecular formula is C17H18FN3O. The molecule has 0 aliphatic carbocycles. The molecule has 0 bridgehead atoms. The maximum atomic E-state index is 12.4. The van der Waals surface area contributed by atoms with E-state index in [0.717, 1.165) is 22.6 Å². The highest BCUT2D eigenvalue weighted by molar-refractivity contribution is 5.65. The number of aliphatic hydroxyl groups excluding tert-OH is 1. The van der Waals surface area contributed by atoms with Gasteiger partial charge in [-0.1, -0.05) is 18.2 Å². The SMILES string of the molecule is CN(CC(O)CF)c1ccc(-c2cn3ccccc3n2)cc1. The van der Waals surface area contributed by atoms with Crippen LogP contribution in [0.15, 0.2) is 54.9 Å². The molecule has 0 saturated heterocycles. The molecule has 1 unspecified atom stereocenters. The van der Waals surface area contributed by atoms with Crippen molar-refractivity contribution in [1.29, 1.82) is 0 Å². The molecule has 3 aromatic rings. The quantitative estimate of drug-likeness (QED) is 0.787. The average molecular weight is 299 g/mol. The highest BCUT2D eigenvalue weighted by atomic mass is 19.1. The Labute approximate surface area is 128 Å². The van der Waals surface area contributed by atoms with Crippen molar-refractivity contribution in [2.24, 2.45) is 0 Å². The van der Waals surface area contributed by atoms with Gasteiger partial charge in [0, 0.05) is 37.2 Å². The van der Waals surface area contributed by atoms with Gasteiger partial charge >= 0.3 is 0 Å². The van der Waals surface area contributed by atoms with Crippen LogP contribution in [0, 0.1) is 0 Å². The number of rotatable bonds is 5. The standard InChI is InChI=1S/C17H18FN3O/c1-20(11-15(22)10-18)14-7-5-13(6-8-14)16-12-21-9-3-2-4-17(21)19-16/h2-9,12,15,22H,10-11H2,1H3. The number of benzene rings is 1. The maximum absolute atomic E-state index is 12.4. The summed E-state index contributed by atoms with van der Waals surface area (Å²) in [5.41, 5.74) is 3.76. The molecule has 0 amide bonds. The number of anilines is 1. The van der Waals surface area contributed by atoms with Gasteiger partial charge in [0.25, 0.3) is 0 Å². The summed E-state index contributed by atoms with van der Waals surface area (Å²) < 4.78 is 14.3. The Morgan fingerprint density at radius 3 is 2.68 bits per heavy atom. The number of aromatic nitrogens is 2. The van der Waals surface area contributed by atoms with Gasteiger partial charge < -0.3 is 14.4 Å². The second kappa shape index (κ2) is 6.15. The molecule has 0 saturated carbocycles. The number of hydrogen-bond acceptors (Lipinski definition) is 3. The van der Waals surface area contributed by atoms with E-state index in [4.69, 9.17) is 0 Å². The fraction of sp³-hybridized carbons (Fsp3) is 0.235. The predicted octanol–water partition coefficient (Wildman–Crippen LogP) is 2.77. The lowest BCUT2D eigenvalue weighted by Gasteiger charge is -2.21. The molecule has 0 radical (unpaired) electrons. The van der Waals surface area contributed by atoms with E-state index in [1.54, 1.807) is 0 Å². The van der Waals surface area contributed by atoms with Crippen molar-refractivity contribution in [3.8, 4) is 11.3 Å². The molecule has 0 aliphatic rings. The van der Waals surface area contributed by atoms with Crippen LogP contribution in [0.4, 0.5) is 10.1 Å². The number of imidazole rings is 1. The highest BCUT2D eigenvalue weighted by Gasteiger charge is 2.09. The Morgan fingerprint density at radius 2 is 2.00 bits per heavy atom. The first-order valence-electron chi connectivity index (χ1n) is 7.16. The molecule has 2 heterocycles. The first-order chi connectivity index (χ1) is 10.7. The first kappa shape index (κ1) is 14.5. The van der Waals surface area contributed by atoms with Gasteiger partial charge in [0.05, 0.1) is 11.8 Å². The first-order valence-corrected chi connectivity index (χ1v) is 7.16. The molecule has 4 nitrogen and oxygen atoms in total. The summed E-state index contributed by atoms with van der Waals surface area (Å²) >= 11 is 0. The maximum Gasteiger partial charge on any atom is 0.137 e. The zero-order chi connectivity index (χ0) is 15.5. The highest BCUT2D eigenvalue weighted by Crippen LogP contribution is 2.22. The van der Waals surface area contributed by atoms with Crippen LogP contribution in [0.25, 0.3) is 16.9 Å². The van der Waals surface area contributed by atoms with Gasteiger partial charge in [-0.2, -0.15) is 0 Å². The van der Waals surface area contributed by atoms with Crippen LogP contribution in [0.1, 0.15) is 0 Å². The van der Waals surface area contributed by atoms with Gasteiger partial charge in [-0.25, -0.2) is 9.37 Å². The van der Waals surface area contributed by atoms with Crippen LogP contribution in [-0.2, 0) is 0 Å². The van der Waals surface area contributed by atoms with Crippen molar-refractivity contribution in [2.45, 2.75) is 6.10 Å². The lowest BCUT2D eigenvalue weighted by atomic mass is 10.1. The predicted molar refractivity (Wildman–Crippen MR) is 85.9 cm³/mol. The molecule has 5 heteroatoms. The molecule has 114 valence electrons. The summed E-state index contributed by atoms with van der Waals surface area (Å²) in [6.07, 6.45) is 3.00. The van der Waals surface area contributed by atoms with E-state index in [-0.39, 0.29) is 6.54 Å². The van der Waals surface area contributed by atoms with Crippen LogP contribution < -0.4 is 4.90 Å². The molecule has 0 aliphatic heterocycles. The minimum Gasteiger partial charge on any atom is -0.389 e. The van der Waals surface area contributed by atoms with E-state index >= 15 is 0 Å². The molecule has 1 N–H and O–H groups in total. The summed E-state index contributed by atoms with van der Waals surface area (Å²) in [6.45, 7) is -0.464. The van der Waals surface area contributed by atoms with Crippen molar-refractivity contribution >= 4 is 11.3 Å². The zero-order valence-corrected chi connectivity index (χ0v) is 12.4. The van der Waals surface area contributed by atoms with Crippen LogP contribution in [0.3, 0.4) is 0 Å². The van der Waals surface area contributed by atoms with E-state index in [1.807, 2.05) is 71.2 Å². The second-order valence-corrected chi connectivity index (χ2v) is 5.33. The van der Waals surface area contributed by atoms with Crippen LogP contribution in [0.2, 0.25) is 0 Å². The Bertz CT molecular complexity index is 721. The Hall–Kier alpha value is -2.40. The third-order valence-electron chi connectivity index (χ3n) is 3.63. The molecule has 0 spiro atoms. The van der Waals surface area contributed by atoms with Crippen LogP contribution >= 0.6 is 0 Å². The van der Waals surface area contributed by atoms with E-state index in [1.165, 1.54) is 0 Å². The van der Waals surface area contributed by atoms with Crippen molar-refractivity contribution in [2.75, 3.05) is 25.2 Å². The number of nitrogens with zero attached hydrogens (tertiary/aromatic N) is 3. The normalized spacial score (nSPS) is 12.5. The third kappa shape index (κ3) is 2.94. The number of likely N-dealkylation sites (N-methyl/N-ethyl adjacent to an activating group) is 1. The number of halogens is 1. The lowest BCUT2D eigenvalue weighted by molar-refractivity contribution is 0.146. The largest absolute Gasteiger partial charge is 0.389 e. The Morgan fingerprint density at radius 1 is 1.23 bits per heavy atom. The fourth-order valence-electron chi connectivity index (χ4n) is 2.43. The van der Waals surface area contributed by atoms with Crippen molar-refractivity contribution < 1.29 is 9.50 Å². The van der Waals surface area contributed by atoms with E-state index in [9.17, 15) is 9.50 Å². The summed E-state index contributed by atoms with van der Waals surface area (Å²) in [5.74, 6) is 0. The molecular weight excluding hydrogens is 281 g/mol. The molecule has 22 heavy (non-hydrogen) atoms. The molecule has 2 aromatic heterocycles. The Balaban J connectivity index is 1.81. The number of fused-ring (bicyclic) bond motifs is 1. The monoisotopic (exact) mass is 299 g/mol. The van der Waals surface area contributed by atoms with E-state index in [2.05, 4.69) is 4.98 Å². The van der Waals surface area contributed by atoms with E-state index < -0.39 is 12.8 Å². The number of pyridine rings is 1. The smallest absolute Gasteiger partial charge is 0.137 e. The Kier molecular flexibility index (Phi) is 4.06. The van der Waals surface area contributed by atoms with Crippen LogP contribution in [-0.4, -0.2) is 40.9 Å². The minimum atomic E-state index is -0.955. The van der Waals surface area contributed by atoms with Gasteiger partial charge in [-0.05, 0) is 24.3 Å². The van der Waals surface area contributed by atoms with E-state index in [0.29, 0.717) is 0 Å². The summed E-state index contributed by atoms with van der Waals surface area (Å²) in [7, 11) is 1.83. The fourth-order valence-corrected chi connectivity index (χ4v) is 2.43. The number of hydrogen-bond donors (Lipinski definition) is 1. The topological polar surface area (TPSA) is 40.8 Å².